The topological polar surface area (TPSA) is 57.6 Å². The lowest BCUT2D eigenvalue weighted by atomic mass is 9.99. The number of halogens is 1. The van der Waals surface area contributed by atoms with Gasteiger partial charge in [0.05, 0.1) is 11.0 Å². The summed E-state index contributed by atoms with van der Waals surface area (Å²) in [7, 11) is -3.46. The first kappa shape index (κ1) is 15.0. The standard InChI is InChI=1S/C13H18BrNO3S/c1-9-7-11(3-4-12(9)14)19(17,18)15-6-5-13(16)10(2)8-15/h3-4,7,10,13,16H,5-6,8H2,1-2H3. The zero-order chi connectivity index (χ0) is 14.2. The molecule has 1 N–H and O–H groups in total. The Morgan fingerprint density at radius 3 is 2.68 bits per heavy atom. The van der Waals surface area contributed by atoms with Crippen LogP contribution >= 0.6 is 15.9 Å². The van der Waals surface area contributed by atoms with Crippen molar-refractivity contribution in [2.45, 2.75) is 31.3 Å². The molecule has 1 aliphatic heterocycles. The van der Waals surface area contributed by atoms with Crippen molar-refractivity contribution < 1.29 is 13.5 Å². The van der Waals surface area contributed by atoms with Gasteiger partial charge in [-0.2, -0.15) is 4.31 Å². The molecule has 2 atom stereocenters. The highest BCUT2D eigenvalue weighted by atomic mass is 79.9. The molecule has 1 aromatic carbocycles. The van der Waals surface area contributed by atoms with E-state index in [0.717, 1.165) is 10.0 Å². The maximum absolute atomic E-state index is 12.5. The Morgan fingerprint density at radius 2 is 2.11 bits per heavy atom. The number of aryl methyl sites for hydroxylation is 1. The molecule has 1 saturated heterocycles. The molecule has 0 amide bonds. The van der Waals surface area contributed by atoms with E-state index in [4.69, 9.17) is 0 Å². The van der Waals surface area contributed by atoms with E-state index >= 15 is 0 Å². The zero-order valence-electron chi connectivity index (χ0n) is 11.0. The molecule has 1 fully saturated rings. The molecule has 1 aliphatic rings. The Hall–Kier alpha value is -0.430. The molecule has 106 valence electrons. The van der Waals surface area contributed by atoms with E-state index in [-0.39, 0.29) is 5.92 Å². The maximum atomic E-state index is 12.5. The number of aliphatic hydroxyl groups excluding tert-OH is 1. The average Bonchev–Trinajstić information content (AvgIpc) is 2.35. The van der Waals surface area contributed by atoms with Gasteiger partial charge in [-0.05, 0) is 43.0 Å². The Balaban J connectivity index is 2.29. The number of aliphatic hydroxyl groups is 1. The first-order chi connectivity index (χ1) is 8.82. The molecule has 0 radical (unpaired) electrons. The average molecular weight is 348 g/mol. The van der Waals surface area contributed by atoms with Gasteiger partial charge < -0.3 is 5.11 Å². The minimum atomic E-state index is -3.46. The van der Waals surface area contributed by atoms with Crippen LogP contribution in [0.1, 0.15) is 18.9 Å². The number of rotatable bonds is 2. The molecule has 0 spiro atoms. The maximum Gasteiger partial charge on any atom is 0.243 e. The Labute approximate surface area is 122 Å². The van der Waals surface area contributed by atoms with Crippen LogP contribution in [-0.2, 0) is 10.0 Å². The van der Waals surface area contributed by atoms with E-state index in [1.807, 2.05) is 13.8 Å². The molecule has 19 heavy (non-hydrogen) atoms. The van der Waals surface area contributed by atoms with Gasteiger partial charge in [-0.3, -0.25) is 0 Å². The monoisotopic (exact) mass is 347 g/mol. The van der Waals surface area contributed by atoms with Crippen molar-refractivity contribution >= 4 is 26.0 Å². The molecule has 2 rings (SSSR count). The molecule has 1 aromatic rings. The van der Waals surface area contributed by atoms with Gasteiger partial charge in [-0.1, -0.05) is 22.9 Å². The summed E-state index contributed by atoms with van der Waals surface area (Å²) in [6, 6.07) is 5.04. The molecule has 0 aromatic heterocycles. The van der Waals surface area contributed by atoms with Crippen LogP contribution in [0.5, 0.6) is 0 Å². The van der Waals surface area contributed by atoms with E-state index in [0.29, 0.717) is 24.4 Å². The van der Waals surface area contributed by atoms with Gasteiger partial charge >= 0.3 is 0 Å². The predicted octanol–water partition coefficient (Wildman–Crippen LogP) is 2.15. The van der Waals surface area contributed by atoms with Gasteiger partial charge in [0.1, 0.15) is 0 Å². The van der Waals surface area contributed by atoms with Crippen LogP contribution in [0.4, 0.5) is 0 Å². The highest BCUT2D eigenvalue weighted by Crippen LogP contribution is 2.26. The predicted molar refractivity (Wildman–Crippen MR) is 77.4 cm³/mol. The fraction of sp³-hybridized carbons (Fsp3) is 0.538. The molecule has 2 unspecified atom stereocenters. The zero-order valence-corrected chi connectivity index (χ0v) is 13.4. The Kier molecular flexibility index (Phi) is 4.35. The molecule has 1 heterocycles. The van der Waals surface area contributed by atoms with E-state index in [2.05, 4.69) is 15.9 Å². The lowest BCUT2D eigenvalue weighted by Crippen LogP contribution is -2.44. The molecule has 6 heteroatoms. The quantitative estimate of drug-likeness (QED) is 0.891. The third-order valence-electron chi connectivity index (χ3n) is 3.59. The van der Waals surface area contributed by atoms with E-state index < -0.39 is 16.1 Å². The van der Waals surface area contributed by atoms with Crippen molar-refractivity contribution in [3.63, 3.8) is 0 Å². The smallest absolute Gasteiger partial charge is 0.243 e. The number of hydrogen-bond acceptors (Lipinski definition) is 3. The van der Waals surface area contributed by atoms with Crippen LogP contribution in [-0.4, -0.2) is 37.0 Å². The van der Waals surface area contributed by atoms with Crippen LogP contribution < -0.4 is 0 Å². The summed E-state index contributed by atoms with van der Waals surface area (Å²) in [5.41, 5.74) is 0.895. The number of benzene rings is 1. The lowest BCUT2D eigenvalue weighted by Gasteiger charge is -2.33. The fourth-order valence-electron chi connectivity index (χ4n) is 2.24. The normalized spacial score (nSPS) is 25.5. The van der Waals surface area contributed by atoms with Gasteiger partial charge in [0, 0.05) is 17.6 Å². The summed E-state index contributed by atoms with van der Waals surface area (Å²) in [5.74, 6) is -0.0277. The van der Waals surface area contributed by atoms with E-state index in [9.17, 15) is 13.5 Å². The van der Waals surface area contributed by atoms with Crippen molar-refractivity contribution in [1.82, 2.24) is 4.31 Å². The van der Waals surface area contributed by atoms with Gasteiger partial charge in [0.15, 0.2) is 0 Å². The summed E-state index contributed by atoms with van der Waals surface area (Å²) in [6.07, 6.45) is 0.0914. The fourth-order valence-corrected chi connectivity index (χ4v) is 4.13. The van der Waals surface area contributed by atoms with Gasteiger partial charge in [0.2, 0.25) is 10.0 Å². The number of nitrogens with zero attached hydrogens (tertiary/aromatic N) is 1. The van der Waals surface area contributed by atoms with E-state index in [1.165, 1.54) is 4.31 Å². The summed E-state index contributed by atoms with van der Waals surface area (Å²) in [5, 5.41) is 9.68. The van der Waals surface area contributed by atoms with Crippen molar-refractivity contribution in [2.24, 2.45) is 5.92 Å². The van der Waals surface area contributed by atoms with Gasteiger partial charge in [-0.25, -0.2) is 8.42 Å². The number of hydrogen-bond donors (Lipinski definition) is 1. The molecular formula is C13H18BrNO3S. The van der Waals surface area contributed by atoms with Gasteiger partial charge in [-0.15, -0.1) is 0 Å². The SMILES string of the molecule is Cc1cc(S(=O)(=O)N2CCC(O)C(C)C2)ccc1Br. The van der Waals surface area contributed by atoms with Crippen molar-refractivity contribution in [3.05, 3.63) is 28.2 Å². The van der Waals surface area contributed by atoms with Crippen LogP contribution in [0.25, 0.3) is 0 Å². The third kappa shape index (κ3) is 3.02. The minimum Gasteiger partial charge on any atom is -0.393 e. The first-order valence-electron chi connectivity index (χ1n) is 6.26. The largest absolute Gasteiger partial charge is 0.393 e. The van der Waals surface area contributed by atoms with Crippen LogP contribution in [0.3, 0.4) is 0 Å². The number of piperidine rings is 1. The van der Waals surface area contributed by atoms with Gasteiger partial charge in [0.25, 0.3) is 0 Å². The first-order valence-corrected chi connectivity index (χ1v) is 8.50. The molecule has 0 aliphatic carbocycles. The molecule has 0 bridgehead atoms. The highest BCUT2D eigenvalue weighted by molar-refractivity contribution is 9.10. The number of sulfonamides is 1. The van der Waals surface area contributed by atoms with Crippen LogP contribution in [0.2, 0.25) is 0 Å². The summed E-state index contributed by atoms with van der Waals surface area (Å²) in [6.45, 7) is 4.49. The summed E-state index contributed by atoms with van der Waals surface area (Å²) >= 11 is 3.37. The second-order valence-corrected chi connectivity index (χ2v) is 7.90. The second kappa shape index (κ2) is 5.52. The summed E-state index contributed by atoms with van der Waals surface area (Å²) < 4.78 is 27.4. The van der Waals surface area contributed by atoms with Crippen molar-refractivity contribution in [1.29, 1.82) is 0 Å². The van der Waals surface area contributed by atoms with Crippen LogP contribution in [0.15, 0.2) is 27.6 Å². The third-order valence-corrected chi connectivity index (χ3v) is 6.34. The second-order valence-electron chi connectivity index (χ2n) is 5.11. The lowest BCUT2D eigenvalue weighted by molar-refractivity contribution is 0.0628. The molecule has 0 saturated carbocycles. The van der Waals surface area contributed by atoms with Crippen LogP contribution in [0, 0.1) is 12.8 Å². The molecular weight excluding hydrogens is 330 g/mol. The molecule has 4 nitrogen and oxygen atoms in total. The van der Waals surface area contributed by atoms with E-state index in [1.54, 1.807) is 18.2 Å². The minimum absolute atomic E-state index is 0.0277. The Morgan fingerprint density at radius 1 is 1.42 bits per heavy atom. The van der Waals surface area contributed by atoms with Crippen molar-refractivity contribution in [2.75, 3.05) is 13.1 Å². The van der Waals surface area contributed by atoms with Crippen molar-refractivity contribution in [3.8, 4) is 0 Å². The Bertz CT molecular complexity index is 573. The highest BCUT2D eigenvalue weighted by Gasteiger charge is 2.32. The summed E-state index contributed by atoms with van der Waals surface area (Å²) in [4.78, 5) is 0.316.